The van der Waals surface area contributed by atoms with Gasteiger partial charge in [-0.25, -0.2) is 9.97 Å². The summed E-state index contributed by atoms with van der Waals surface area (Å²) in [5.74, 6) is 0.588. The van der Waals surface area contributed by atoms with Crippen LogP contribution in [0.5, 0.6) is 0 Å². The Morgan fingerprint density at radius 2 is 2.28 bits per heavy atom. The van der Waals surface area contributed by atoms with Crippen molar-refractivity contribution in [3.63, 3.8) is 0 Å². The number of nitrogens with zero attached hydrogens (tertiary/aromatic N) is 4. The lowest BCUT2D eigenvalue weighted by Crippen LogP contribution is -2.38. The number of likely N-dealkylation sites (tertiary alicyclic amines) is 1. The Morgan fingerprint density at radius 1 is 1.44 bits per heavy atom. The topological polar surface area (TPSA) is 60.0 Å². The Morgan fingerprint density at radius 3 is 3.06 bits per heavy atom. The number of piperidine rings is 1. The van der Waals surface area contributed by atoms with Crippen molar-refractivity contribution in [3.05, 3.63) is 18.3 Å². The Labute approximate surface area is 107 Å². The number of pyridine rings is 1. The van der Waals surface area contributed by atoms with Gasteiger partial charge in [-0.15, -0.1) is 0 Å². The van der Waals surface area contributed by atoms with Crippen LogP contribution in [0.15, 0.2) is 18.3 Å². The van der Waals surface area contributed by atoms with E-state index in [-0.39, 0.29) is 0 Å². The van der Waals surface area contributed by atoms with Crippen LogP contribution < -0.4 is 5.73 Å². The normalized spacial score (nSPS) is 25.7. The largest absolute Gasteiger partial charge is 0.369 e. The number of hydrogen-bond acceptors (Lipinski definition) is 4. The SMILES string of the molecule is CC1CC(n2c(N)nc3cccnc32)CCN1C. The summed E-state index contributed by atoms with van der Waals surface area (Å²) in [5, 5.41) is 0. The first-order chi connectivity index (χ1) is 8.66. The minimum Gasteiger partial charge on any atom is -0.369 e. The van der Waals surface area contributed by atoms with Gasteiger partial charge in [0, 0.05) is 24.8 Å². The van der Waals surface area contributed by atoms with Gasteiger partial charge in [-0.1, -0.05) is 0 Å². The van der Waals surface area contributed by atoms with Gasteiger partial charge in [0.1, 0.15) is 5.52 Å². The van der Waals surface area contributed by atoms with E-state index in [1.54, 1.807) is 6.20 Å². The summed E-state index contributed by atoms with van der Waals surface area (Å²) in [5.41, 5.74) is 7.87. The average Bonchev–Trinajstić information content (AvgIpc) is 2.69. The summed E-state index contributed by atoms with van der Waals surface area (Å²) in [6, 6.07) is 4.85. The highest BCUT2D eigenvalue weighted by Gasteiger charge is 2.26. The molecule has 1 aliphatic heterocycles. The van der Waals surface area contributed by atoms with Crippen LogP contribution >= 0.6 is 0 Å². The minimum absolute atomic E-state index is 0.413. The molecule has 0 aliphatic carbocycles. The summed E-state index contributed by atoms with van der Waals surface area (Å²) in [7, 11) is 2.18. The molecule has 3 heterocycles. The van der Waals surface area contributed by atoms with Crippen molar-refractivity contribution in [3.8, 4) is 0 Å². The first-order valence-corrected chi connectivity index (χ1v) is 6.45. The zero-order valence-electron chi connectivity index (χ0n) is 10.9. The van der Waals surface area contributed by atoms with Gasteiger partial charge in [0.15, 0.2) is 5.65 Å². The van der Waals surface area contributed by atoms with E-state index in [0.29, 0.717) is 18.0 Å². The molecule has 0 bridgehead atoms. The first-order valence-electron chi connectivity index (χ1n) is 6.45. The third-order valence-electron chi connectivity index (χ3n) is 4.02. The van der Waals surface area contributed by atoms with Crippen LogP contribution in [0.3, 0.4) is 0 Å². The fourth-order valence-corrected chi connectivity index (χ4v) is 2.81. The van der Waals surface area contributed by atoms with Crippen molar-refractivity contribution in [2.75, 3.05) is 19.3 Å². The van der Waals surface area contributed by atoms with E-state index in [2.05, 4.69) is 33.4 Å². The second kappa shape index (κ2) is 4.24. The third kappa shape index (κ3) is 1.75. The lowest BCUT2D eigenvalue weighted by atomic mass is 9.99. The van der Waals surface area contributed by atoms with E-state index in [1.807, 2.05) is 12.1 Å². The van der Waals surface area contributed by atoms with E-state index < -0.39 is 0 Å². The Hall–Kier alpha value is -1.62. The van der Waals surface area contributed by atoms with Crippen LogP contribution in [0, 0.1) is 0 Å². The molecule has 3 rings (SSSR count). The number of fused-ring (bicyclic) bond motifs is 1. The van der Waals surface area contributed by atoms with Gasteiger partial charge in [-0.2, -0.15) is 0 Å². The van der Waals surface area contributed by atoms with Crippen LogP contribution in [0.1, 0.15) is 25.8 Å². The van der Waals surface area contributed by atoms with Crippen LogP contribution in [-0.2, 0) is 0 Å². The average molecular weight is 245 g/mol. The quantitative estimate of drug-likeness (QED) is 0.830. The standard InChI is InChI=1S/C13H19N5/c1-9-8-10(5-7-17(9)2)18-12-11(16-13(18)14)4-3-6-15-12/h3-4,6,9-10H,5,7-8H2,1-2H3,(H2,14,16). The fourth-order valence-electron chi connectivity index (χ4n) is 2.81. The monoisotopic (exact) mass is 245 g/mol. The first kappa shape index (κ1) is 11.5. The van der Waals surface area contributed by atoms with Gasteiger partial charge in [0.25, 0.3) is 0 Å². The zero-order chi connectivity index (χ0) is 12.7. The number of anilines is 1. The van der Waals surface area contributed by atoms with Crippen molar-refractivity contribution >= 4 is 17.1 Å². The number of nitrogens with two attached hydrogens (primary N) is 1. The summed E-state index contributed by atoms with van der Waals surface area (Å²) < 4.78 is 2.11. The Kier molecular flexibility index (Phi) is 2.70. The summed E-state index contributed by atoms with van der Waals surface area (Å²) in [6.07, 6.45) is 4.01. The molecule has 1 aliphatic rings. The maximum Gasteiger partial charge on any atom is 0.202 e. The van der Waals surface area contributed by atoms with Crippen molar-refractivity contribution in [1.29, 1.82) is 0 Å². The summed E-state index contributed by atoms with van der Waals surface area (Å²) >= 11 is 0. The molecule has 18 heavy (non-hydrogen) atoms. The molecule has 2 N–H and O–H groups in total. The number of hydrogen-bond donors (Lipinski definition) is 1. The smallest absolute Gasteiger partial charge is 0.202 e. The number of nitrogen functional groups attached to an aromatic ring is 1. The van der Waals surface area contributed by atoms with Gasteiger partial charge >= 0.3 is 0 Å². The maximum absolute atomic E-state index is 6.06. The third-order valence-corrected chi connectivity index (χ3v) is 4.02. The second-order valence-corrected chi connectivity index (χ2v) is 5.19. The Bertz CT molecular complexity index is 562. The van der Waals surface area contributed by atoms with E-state index >= 15 is 0 Å². The molecular weight excluding hydrogens is 226 g/mol. The highest BCUT2D eigenvalue weighted by molar-refractivity contribution is 5.73. The highest BCUT2D eigenvalue weighted by Crippen LogP contribution is 2.30. The fraction of sp³-hybridized carbons (Fsp3) is 0.538. The van der Waals surface area contributed by atoms with Crippen LogP contribution in [-0.4, -0.2) is 39.1 Å². The van der Waals surface area contributed by atoms with Crippen molar-refractivity contribution in [2.45, 2.75) is 31.8 Å². The van der Waals surface area contributed by atoms with Crippen molar-refractivity contribution < 1.29 is 0 Å². The molecule has 2 atom stereocenters. The van der Waals surface area contributed by atoms with Crippen LogP contribution in [0.4, 0.5) is 5.95 Å². The summed E-state index contributed by atoms with van der Waals surface area (Å²) in [6.45, 7) is 3.35. The maximum atomic E-state index is 6.06. The molecule has 5 nitrogen and oxygen atoms in total. The van der Waals surface area contributed by atoms with E-state index in [9.17, 15) is 0 Å². The minimum atomic E-state index is 0.413. The van der Waals surface area contributed by atoms with Crippen molar-refractivity contribution in [1.82, 2.24) is 19.4 Å². The second-order valence-electron chi connectivity index (χ2n) is 5.19. The highest BCUT2D eigenvalue weighted by atomic mass is 15.2. The molecule has 2 unspecified atom stereocenters. The molecule has 0 aromatic carbocycles. The van der Waals surface area contributed by atoms with Crippen LogP contribution in [0.2, 0.25) is 0 Å². The van der Waals surface area contributed by atoms with Gasteiger partial charge in [0.2, 0.25) is 5.95 Å². The molecule has 1 saturated heterocycles. The molecule has 2 aromatic rings. The van der Waals surface area contributed by atoms with Crippen molar-refractivity contribution in [2.24, 2.45) is 0 Å². The molecule has 0 radical (unpaired) electrons. The Balaban J connectivity index is 2.01. The lowest BCUT2D eigenvalue weighted by Gasteiger charge is -2.35. The van der Waals surface area contributed by atoms with Gasteiger partial charge in [-0.3, -0.25) is 4.57 Å². The molecule has 96 valence electrons. The predicted molar refractivity (Wildman–Crippen MR) is 72.3 cm³/mol. The van der Waals surface area contributed by atoms with Crippen LogP contribution in [0.25, 0.3) is 11.2 Å². The predicted octanol–water partition coefficient (Wildman–Crippen LogP) is 1.67. The zero-order valence-corrected chi connectivity index (χ0v) is 10.9. The molecule has 5 heteroatoms. The van der Waals surface area contributed by atoms with E-state index in [0.717, 1.165) is 30.6 Å². The lowest BCUT2D eigenvalue weighted by molar-refractivity contribution is 0.159. The molecular formula is C13H19N5. The van der Waals surface area contributed by atoms with E-state index in [1.165, 1.54) is 0 Å². The molecule has 0 saturated carbocycles. The van der Waals surface area contributed by atoms with Gasteiger partial charge in [0.05, 0.1) is 0 Å². The molecule has 1 fully saturated rings. The van der Waals surface area contributed by atoms with Gasteiger partial charge in [-0.05, 0) is 38.9 Å². The number of imidazole rings is 1. The molecule has 0 spiro atoms. The molecule has 2 aromatic heterocycles. The number of aromatic nitrogens is 3. The molecule has 0 amide bonds. The van der Waals surface area contributed by atoms with Gasteiger partial charge < -0.3 is 10.6 Å². The van der Waals surface area contributed by atoms with E-state index in [4.69, 9.17) is 5.73 Å². The summed E-state index contributed by atoms with van der Waals surface area (Å²) in [4.78, 5) is 11.2. The number of rotatable bonds is 1.